The van der Waals surface area contributed by atoms with Crippen molar-refractivity contribution < 1.29 is 24.6 Å². The number of nitrogens with one attached hydrogen (secondary N) is 2. The summed E-state index contributed by atoms with van der Waals surface area (Å²) in [6, 6.07) is 7.04. The molecule has 126 valence electrons. The van der Waals surface area contributed by atoms with E-state index in [9.17, 15) is 19.5 Å². The molecule has 0 saturated carbocycles. The molecule has 0 aromatic heterocycles. The molecule has 0 unspecified atom stereocenters. The van der Waals surface area contributed by atoms with E-state index in [-0.39, 0.29) is 11.6 Å². The first-order valence-electron chi connectivity index (χ1n) is 7.24. The van der Waals surface area contributed by atoms with Crippen LogP contribution in [0.4, 0.5) is 0 Å². The van der Waals surface area contributed by atoms with Gasteiger partial charge in [0.1, 0.15) is 23.2 Å². The normalized spacial score (nSPS) is 29.6. The van der Waals surface area contributed by atoms with E-state index in [1.807, 2.05) is 0 Å². The largest absolute Gasteiger partial charge is 0.477 e. The number of hydrogen-bond donors (Lipinski definition) is 4. The Bertz CT molecular complexity index is 708. The molecule has 2 amide bonds. The lowest BCUT2D eigenvalue weighted by atomic mass is 10.0. The van der Waals surface area contributed by atoms with Gasteiger partial charge in [0, 0.05) is 0 Å². The average molecular weight is 349 g/mol. The van der Waals surface area contributed by atoms with Crippen LogP contribution in [-0.2, 0) is 14.4 Å². The van der Waals surface area contributed by atoms with Crippen LogP contribution < -0.4 is 10.6 Å². The van der Waals surface area contributed by atoms with Crippen LogP contribution in [0.5, 0.6) is 0 Å². The van der Waals surface area contributed by atoms with Crippen LogP contribution in [-0.4, -0.2) is 57.0 Å². The number of aliphatic imine (C=N–C) groups is 1. The number of piperazine rings is 1. The minimum Gasteiger partial charge on any atom is -0.477 e. The maximum absolute atomic E-state index is 12.4. The first-order valence-corrected chi connectivity index (χ1v) is 8.18. The van der Waals surface area contributed by atoms with Crippen LogP contribution in [0.25, 0.3) is 0 Å². The number of rotatable bonds is 4. The molecule has 1 fully saturated rings. The number of benzene rings is 1. The van der Waals surface area contributed by atoms with Crippen LogP contribution >= 0.6 is 11.8 Å². The zero-order valence-corrected chi connectivity index (χ0v) is 13.2. The Labute approximate surface area is 141 Å². The van der Waals surface area contributed by atoms with E-state index < -0.39 is 41.2 Å². The molecular weight excluding hydrogens is 334 g/mol. The van der Waals surface area contributed by atoms with Crippen LogP contribution in [0, 0.1) is 0 Å². The molecule has 0 aliphatic carbocycles. The summed E-state index contributed by atoms with van der Waals surface area (Å²) in [5.41, 5.74) is 0.462. The van der Waals surface area contributed by atoms with Gasteiger partial charge in [-0.1, -0.05) is 30.3 Å². The van der Waals surface area contributed by atoms with Crippen molar-refractivity contribution in [3.63, 3.8) is 0 Å². The van der Waals surface area contributed by atoms with E-state index in [1.54, 1.807) is 30.3 Å². The van der Waals surface area contributed by atoms with Gasteiger partial charge in [-0.2, -0.15) is 0 Å². The fraction of sp³-hybridized carbons (Fsp3) is 0.333. The molecule has 1 aromatic carbocycles. The van der Waals surface area contributed by atoms with Crippen LogP contribution in [0.3, 0.4) is 0 Å². The smallest absolute Gasteiger partial charge is 0.351 e. The molecular formula is C15H15N3O5S. The fourth-order valence-electron chi connectivity index (χ4n) is 2.64. The number of aliphatic carboxylic acids is 1. The zero-order valence-electron chi connectivity index (χ0n) is 12.4. The second-order valence-corrected chi connectivity index (χ2v) is 6.68. The van der Waals surface area contributed by atoms with Gasteiger partial charge in [0.15, 0.2) is 0 Å². The van der Waals surface area contributed by atoms with Crippen molar-refractivity contribution in [2.75, 3.05) is 6.61 Å². The molecule has 8 nitrogen and oxygen atoms in total. The second kappa shape index (κ2) is 6.62. The summed E-state index contributed by atoms with van der Waals surface area (Å²) in [6.45, 7) is -0.402. The number of carboxylic acid groups (broad SMARTS) is 1. The van der Waals surface area contributed by atoms with Gasteiger partial charge < -0.3 is 20.8 Å². The second-order valence-electron chi connectivity index (χ2n) is 5.36. The Balaban J connectivity index is 1.77. The maximum Gasteiger partial charge on any atom is 0.351 e. The van der Waals surface area contributed by atoms with E-state index in [2.05, 4.69) is 15.6 Å². The van der Waals surface area contributed by atoms with Crippen molar-refractivity contribution in [3.8, 4) is 0 Å². The summed E-state index contributed by atoms with van der Waals surface area (Å²) in [7, 11) is 0. The number of carbonyl (C=O) groups excluding carboxylic acids is 2. The summed E-state index contributed by atoms with van der Waals surface area (Å²) in [4.78, 5) is 39.8. The molecule has 24 heavy (non-hydrogen) atoms. The van der Waals surface area contributed by atoms with Crippen molar-refractivity contribution in [1.82, 2.24) is 10.6 Å². The first kappa shape index (κ1) is 16.5. The number of hydrogen-bond acceptors (Lipinski definition) is 6. The highest BCUT2D eigenvalue weighted by molar-refractivity contribution is 8.01. The molecule has 0 bridgehead atoms. The Morgan fingerprint density at radius 1 is 1.17 bits per heavy atom. The molecule has 4 N–H and O–H groups in total. The molecule has 4 atom stereocenters. The minimum absolute atomic E-state index is 0.195. The molecule has 9 heteroatoms. The molecule has 0 radical (unpaired) electrons. The monoisotopic (exact) mass is 349 g/mol. The van der Waals surface area contributed by atoms with Crippen molar-refractivity contribution in [2.45, 2.75) is 22.7 Å². The quantitative estimate of drug-likeness (QED) is 0.569. The van der Waals surface area contributed by atoms with Gasteiger partial charge in [-0.15, -0.1) is 11.8 Å². The van der Waals surface area contributed by atoms with E-state index in [1.165, 1.54) is 0 Å². The van der Waals surface area contributed by atoms with Crippen molar-refractivity contribution in [1.29, 1.82) is 0 Å². The van der Waals surface area contributed by atoms with Gasteiger partial charge in [0.2, 0.25) is 11.8 Å². The van der Waals surface area contributed by atoms with Crippen LogP contribution in [0.2, 0.25) is 0 Å². The summed E-state index contributed by atoms with van der Waals surface area (Å²) in [5.74, 6) is -2.06. The minimum atomic E-state index is -1.24. The predicted octanol–water partition coefficient (Wildman–Crippen LogP) is -0.698. The molecule has 0 spiro atoms. The highest BCUT2D eigenvalue weighted by Gasteiger charge is 2.44. The van der Waals surface area contributed by atoms with Gasteiger partial charge in [-0.3, -0.25) is 14.6 Å². The molecule has 2 aliphatic heterocycles. The maximum atomic E-state index is 12.4. The van der Waals surface area contributed by atoms with Gasteiger partial charge in [0.05, 0.1) is 11.9 Å². The number of thioether (sulfide) groups is 1. The summed E-state index contributed by atoms with van der Waals surface area (Å²) in [6.07, 6.45) is 0. The Morgan fingerprint density at radius 3 is 2.46 bits per heavy atom. The van der Waals surface area contributed by atoms with Crippen molar-refractivity contribution >= 4 is 35.3 Å². The van der Waals surface area contributed by atoms with E-state index in [0.29, 0.717) is 5.56 Å². The molecule has 1 aromatic rings. The van der Waals surface area contributed by atoms with Gasteiger partial charge in [-0.05, 0) is 5.56 Å². The lowest BCUT2D eigenvalue weighted by Crippen LogP contribution is -2.60. The third-order valence-electron chi connectivity index (χ3n) is 3.81. The third kappa shape index (κ3) is 3.00. The van der Waals surface area contributed by atoms with Gasteiger partial charge in [-0.25, -0.2) is 4.79 Å². The molecule has 2 heterocycles. The molecule has 2 aliphatic rings. The number of carbonyl (C=O) groups is 3. The van der Waals surface area contributed by atoms with E-state index in [0.717, 1.165) is 11.8 Å². The lowest BCUT2D eigenvalue weighted by molar-refractivity contribution is -0.136. The number of aliphatic hydroxyl groups excluding tert-OH is 1. The molecule has 1 saturated heterocycles. The van der Waals surface area contributed by atoms with Gasteiger partial charge >= 0.3 is 5.97 Å². The summed E-state index contributed by atoms with van der Waals surface area (Å²) < 4.78 is 0. The highest BCUT2D eigenvalue weighted by Crippen LogP contribution is 2.32. The SMILES string of the molecule is O=C(O)C1=N[C@H]([C@H]2NC(=O)[C@@H](c3ccccc3)NC2=O)S[C@@H]1CO. The molecule has 3 rings (SSSR count). The lowest BCUT2D eigenvalue weighted by Gasteiger charge is -2.31. The topological polar surface area (TPSA) is 128 Å². The predicted molar refractivity (Wildman–Crippen MR) is 86.6 cm³/mol. The number of carboxylic acids is 1. The summed E-state index contributed by atoms with van der Waals surface area (Å²) >= 11 is 1.05. The first-order chi connectivity index (χ1) is 11.5. The van der Waals surface area contributed by atoms with Crippen LogP contribution in [0.15, 0.2) is 35.3 Å². The third-order valence-corrected chi connectivity index (χ3v) is 5.16. The average Bonchev–Trinajstić information content (AvgIpc) is 3.02. The Kier molecular flexibility index (Phi) is 4.54. The highest BCUT2D eigenvalue weighted by atomic mass is 32.2. The fourth-order valence-corrected chi connectivity index (χ4v) is 3.88. The number of aliphatic hydroxyl groups is 1. The van der Waals surface area contributed by atoms with E-state index >= 15 is 0 Å². The Hall–Kier alpha value is -2.39. The number of amides is 2. The van der Waals surface area contributed by atoms with Crippen LogP contribution in [0.1, 0.15) is 11.6 Å². The zero-order chi connectivity index (χ0) is 17.3. The summed E-state index contributed by atoms with van der Waals surface area (Å²) in [5, 5.41) is 22.1. The van der Waals surface area contributed by atoms with Crippen molar-refractivity contribution in [3.05, 3.63) is 35.9 Å². The van der Waals surface area contributed by atoms with Crippen molar-refractivity contribution in [2.24, 2.45) is 4.99 Å². The van der Waals surface area contributed by atoms with Gasteiger partial charge in [0.25, 0.3) is 0 Å². The Morgan fingerprint density at radius 2 is 1.88 bits per heavy atom. The van der Waals surface area contributed by atoms with E-state index in [4.69, 9.17) is 5.11 Å². The number of nitrogens with zero attached hydrogens (tertiary/aromatic N) is 1. The standard InChI is InChI=1S/C15H15N3O5S/c19-6-8-10(15(22)23)18-14(24-8)11-13(21)16-9(12(20)17-11)7-4-2-1-3-5-7/h1-5,8-9,11,14,19H,6H2,(H,16,21)(H,17,20)(H,22,23)/t8-,9-,11+,14+/m1/s1.